The summed E-state index contributed by atoms with van der Waals surface area (Å²) in [5.74, 6) is -2.27. The SMILES string of the molecule is CNN1CC[C@]2(F)C(=O)N(C3CCCC3C(=O)O)C[C@@H]2C1. The number of hydrogen-bond donors (Lipinski definition) is 2. The van der Waals surface area contributed by atoms with Gasteiger partial charge in [0.25, 0.3) is 5.91 Å². The van der Waals surface area contributed by atoms with Gasteiger partial charge >= 0.3 is 5.97 Å². The summed E-state index contributed by atoms with van der Waals surface area (Å²) in [4.78, 5) is 25.4. The van der Waals surface area contributed by atoms with Gasteiger partial charge in [-0.2, -0.15) is 0 Å². The van der Waals surface area contributed by atoms with Gasteiger partial charge in [-0.25, -0.2) is 9.40 Å². The number of carboxylic acid groups (broad SMARTS) is 1. The number of aliphatic carboxylic acids is 1. The topological polar surface area (TPSA) is 72.9 Å². The first-order valence-corrected chi connectivity index (χ1v) is 7.62. The fourth-order valence-electron chi connectivity index (χ4n) is 4.14. The predicted octanol–water partition coefficient (Wildman–Crippen LogP) is 0.247. The maximum Gasteiger partial charge on any atom is 0.308 e. The van der Waals surface area contributed by atoms with Crippen LogP contribution in [0, 0.1) is 11.8 Å². The molecule has 6 nitrogen and oxygen atoms in total. The number of likely N-dealkylation sites (tertiary alicyclic amines) is 1. The van der Waals surface area contributed by atoms with Crippen molar-refractivity contribution in [2.45, 2.75) is 37.4 Å². The molecule has 2 unspecified atom stereocenters. The predicted molar refractivity (Wildman–Crippen MR) is 73.1 cm³/mol. The molecule has 1 aliphatic carbocycles. The van der Waals surface area contributed by atoms with Crippen molar-refractivity contribution in [3.8, 4) is 0 Å². The summed E-state index contributed by atoms with van der Waals surface area (Å²) >= 11 is 0. The molecule has 4 atom stereocenters. The Bertz CT molecular complexity index is 461. The molecule has 118 valence electrons. The molecule has 1 amide bonds. The smallest absolute Gasteiger partial charge is 0.308 e. The largest absolute Gasteiger partial charge is 0.481 e. The third kappa shape index (κ3) is 2.23. The Labute approximate surface area is 123 Å². The number of nitrogens with zero attached hydrogens (tertiary/aromatic N) is 2. The van der Waals surface area contributed by atoms with Crippen molar-refractivity contribution in [3.05, 3.63) is 0 Å². The Morgan fingerprint density at radius 1 is 1.43 bits per heavy atom. The van der Waals surface area contributed by atoms with Gasteiger partial charge in [0.1, 0.15) is 0 Å². The highest BCUT2D eigenvalue weighted by Gasteiger charge is 2.59. The van der Waals surface area contributed by atoms with Crippen molar-refractivity contribution >= 4 is 11.9 Å². The Hall–Kier alpha value is -1.21. The molecule has 0 spiro atoms. The van der Waals surface area contributed by atoms with E-state index in [4.69, 9.17) is 0 Å². The van der Waals surface area contributed by atoms with E-state index in [2.05, 4.69) is 5.43 Å². The number of hydrogen-bond acceptors (Lipinski definition) is 4. The molecule has 2 aliphatic heterocycles. The van der Waals surface area contributed by atoms with E-state index in [1.54, 1.807) is 7.05 Å². The van der Waals surface area contributed by atoms with E-state index < -0.39 is 23.5 Å². The Morgan fingerprint density at radius 3 is 2.86 bits per heavy atom. The summed E-state index contributed by atoms with van der Waals surface area (Å²) in [6.07, 6.45) is 2.22. The summed E-state index contributed by atoms with van der Waals surface area (Å²) < 4.78 is 15.1. The summed E-state index contributed by atoms with van der Waals surface area (Å²) in [6, 6.07) is -0.337. The number of alkyl halides is 1. The number of hydrazine groups is 1. The van der Waals surface area contributed by atoms with Crippen LogP contribution in [0.2, 0.25) is 0 Å². The maximum atomic E-state index is 15.1. The molecule has 3 fully saturated rings. The maximum absolute atomic E-state index is 15.1. The van der Waals surface area contributed by atoms with Gasteiger partial charge in [0, 0.05) is 38.0 Å². The molecule has 2 N–H and O–H groups in total. The van der Waals surface area contributed by atoms with Crippen molar-refractivity contribution in [2.75, 3.05) is 26.7 Å². The number of carbonyl (C=O) groups excluding carboxylic acids is 1. The van der Waals surface area contributed by atoms with E-state index in [9.17, 15) is 14.7 Å². The first kappa shape index (κ1) is 14.7. The Morgan fingerprint density at radius 2 is 2.19 bits per heavy atom. The van der Waals surface area contributed by atoms with E-state index in [1.807, 2.05) is 5.01 Å². The van der Waals surface area contributed by atoms with Crippen LogP contribution in [0.1, 0.15) is 25.7 Å². The van der Waals surface area contributed by atoms with Gasteiger partial charge in [0.15, 0.2) is 5.67 Å². The van der Waals surface area contributed by atoms with Gasteiger partial charge in [0.05, 0.1) is 5.92 Å². The lowest BCUT2D eigenvalue weighted by Crippen LogP contribution is -2.54. The summed E-state index contributed by atoms with van der Waals surface area (Å²) in [6.45, 7) is 1.32. The van der Waals surface area contributed by atoms with Crippen molar-refractivity contribution in [2.24, 2.45) is 11.8 Å². The van der Waals surface area contributed by atoms with E-state index in [0.717, 1.165) is 6.42 Å². The monoisotopic (exact) mass is 299 g/mol. The fraction of sp³-hybridized carbons (Fsp3) is 0.857. The minimum atomic E-state index is -1.81. The fourth-order valence-corrected chi connectivity index (χ4v) is 4.14. The molecule has 0 radical (unpaired) electrons. The van der Waals surface area contributed by atoms with Gasteiger partial charge in [-0.1, -0.05) is 6.42 Å². The van der Waals surface area contributed by atoms with Crippen molar-refractivity contribution < 1.29 is 19.1 Å². The van der Waals surface area contributed by atoms with Crippen molar-refractivity contribution in [1.82, 2.24) is 15.3 Å². The Kier molecular flexibility index (Phi) is 3.65. The zero-order valence-corrected chi connectivity index (χ0v) is 12.2. The molecular formula is C14H22FN3O3. The van der Waals surface area contributed by atoms with Crippen molar-refractivity contribution in [1.29, 1.82) is 0 Å². The van der Waals surface area contributed by atoms with Crippen LogP contribution in [0.15, 0.2) is 0 Å². The first-order valence-electron chi connectivity index (χ1n) is 7.62. The summed E-state index contributed by atoms with van der Waals surface area (Å²) in [7, 11) is 1.79. The average Bonchev–Trinajstić information content (AvgIpc) is 3.03. The lowest BCUT2D eigenvalue weighted by Gasteiger charge is -2.36. The summed E-state index contributed by atoms with van der Waals surface area (Å²) in [5.41, 5.74) is 1.20. The van der Waals surface area contributed by atoms with Crippen LogP contribution in [-0.4, -0.2) is 65.3 Å². The Balaban J connectivity index is 1.80. The van der Waals surface area contributed by atoms with E-state index >= 15 is 4.39 Å². The van der Waals surface area contributed by atoms with Crippen LogP contribution in [-0.2, 0) is 9.59 Å². The molecule has 3 rings (SSSR count). The molecule has 2 heterocycles. The molecule has 21 heavy (non-hydrogen) atoms. The minimum Gasteiger partial charge on any atom is -0.481 e. The molecule has 0 aromatic carbocycles. The zero-order chi connectivity index (χ0) is 15.2. The van der Waals surface area contributed by atoms with E-state index in [1.165, 1.54) is 4.90 Å². The number of nitrogens with one attached hydrogen (secondary N) is 1. The second-order valence-electron chi connectivity index (χ2n) is 6.38. The van der Waals surface area contributed by atoms with Crippen LogP contribution >= 0.6 is 0 Å². The minimum absolute atomic E-state index is 0.179. The molecule has 3 aliphatic rings. The zero-order valence-electron chi connectivity index (χ0n) is 12.2. The molecule has 2 saturated heterocycles. The number of fused-ring (bicyclic) bond motifs is 1. The molecule has 1 saturated carbocycles. The quantitative estimate of drug-likeness (QED) is 0.781. The number of carbonyl (C=O) groups is 2. The lowest BCUT2D eigenvalue weighted by atomic mass is 9.86. The highest BCUT2D eigenvalue weighted by atomic mass is 19.1. The highest BCUT2D eigenvalue weighted by molar-refractivity contribution is 5.89. The number of halogens is 1. The third-order valence-electron chi connectivity index (χ3n) is 5.38. The van der Waals surface area contributed by atoms with Gasteiger partial charge < -0.3 is 10.0 Å². The van der Waals surface area contributed by atoms with E-state index in [0.29, 0.717) is 32.5 Å². The van der Waals surface area contributed by atoms with Crippen LogP contribution in [0.5, 0.6) is 0 Å². The average molecular weight is 299 g/mol. The standard InChI is InChI=1S/C14H22FN3O3/c1-16-17-6-5-14(15)9(7-17)8-18(13(14)21)11-4-2-3-10(11)12(19)20/h9-11,16H,2-8H2,1H3,(H,19,20)/t9-,10?,11?,14+/m0/s1. The molecule has 0 aromatic rings. The van der Waals surface area contributed by atoms with Gasteiger partial charge in [-0.05, 0) is 19.9 Å². The van der Waals surface area contributed by atoms with Crippen molar-refractivity contribution in [3.63, 3.8) is 0 Å². The van der Waals surface area contributed by atoms with Crippen LogP contribution in [0.4, 0.5) is 4.39 Å². The molecule has 7 heteroatoms. The summed E-state index contributed by atoms with van der Waals surface area (Å²) in [5, 5.41) is 11.2. The highest BCUT2D eigenvalue weighted by Crippen LogP contribution is 2.43. The number of amides is 1. The lowest BCUT2D eigenvalue weighted by molar-refractivity contribution is -0.148. The van der Waals surface area contributed by atoms with Crippen LogP contribution in [0.3, 0.4) is 0 Å². The number of rotatable bonds is 3. The molecule has 0 bridgehead atoms. The first-order chi connectivity index (χ1) is 9.97. The normalized spacial score (nSPS) is 40.6. The van der Waals surface area contributed by atoms with Crippen LogP contribution < -0.4 is 5.43 Å². The van der Waals surface area contributed by atoms with Gasteiger partial charge in [0.2, 0.25) is 0 Å². The number of piperidine rings is 1. The second-order valence-corrected chi connectivity index (χ2v) is 6.38. The van der Waals surface area contributed by atoms with Crippen LogP contribution in [0.25, 0.3) is 0 Å². The van der Waals surface area contributed by atoms with Gasteiger partial charge in [-0.3, -0.25) is 15.0 Å². The van der Waals surface area contributed by atoms with Gasteiger partial charge in [-0.15, -0.1) is 0 Å². The molecular weight excluding hydrogens is 277 g/mol. The third-order valence-corrected chi connectivity index (χ3v) is 5.38. The number of carboxylic acids is 1. The van der Waals surface area contributed by atoms with E-state index in [-0.39, 0.29) is 18.4 Å². The molecule has 0 aromatic heterocycles. The second kappa shape index (κ2) is 5.21.